The average Bonchev–Trinajstić information content (AvgIpc) is 2.39. The van der Waals surface area contributed by atoms with Gasteiger partial charge in [0.2, 0.25) is 10.0 Å². The predicted molar refractivity (Wildman–Crippen MR) is 72.9 cm³/mol. The van der Waals surface area contributed by atoms with Gasteiger partial charge < -0.3 is 5.32 Å². The predicted octanol–water partition coefficient (Wildman–Crippen LogP) is 1.10. The monoisotopic (exact) mass is 316 g/mol. The molecule has 1 aliphatic rings. The summed E-state index contributed by atoms with van der Waals surface area (Å²) in [6, 6.07) is 2.88. The third kappa shape index (κ3) is 3.45. The van der Waals surface area contributed by atoms with E-state index in [1.54, 1.807) is 0 Å². The van der Waals surface area contributed by atoms with Gasteiger partial charge in [-0.25, -0.2) is 17.2 Å². The molecule has 0 aliphatic carbocycles. The van der Waals surface area contributed by atoms with E-state index >= 15 is 0 Å². The molecule has 1 heterocycles. The molecular formula is C13H14F2N2O3S. The summed E-state index contributed by atoms with van der Waals surface area (Å²) >= 11 is 0. The van der Waals surface area contributed by atoms with Crippen LogP contribution in [0.4, 0.5) is 8.78 Å². The summed E-state index contributed by atoms with van der Waals surface area (Å²) in [7, 11) is -3.40. The molecule has 0 aromatic heterocycles. The van der Waals surface area contributed by atoms with Crippen molar-refractivity contribution in [2.75, 3.05) is 19.6 Å². The fourth-order valence-corrected chi connectivity index (χ4v) is 2.99. The number of rotatable bonds is 5. The highest BCUT2D eigenvalue weighted by Crippen LogP contribution is 2.19. The van der Waals surface area contributed by atoms with Crippen molar-refractivity contribution < 1.29 is 22.0 Å². The van der Waals surface area contributed by atoms with Crippen LogP contribution in [0, 0.1) is 17.6 Å². The average molecular weight is 316 g/mol. The number of hydrogen-bond acceptors (Lipinski definition) is 3. The van der Waals surface area contributed by atoms with Gasteiger partial charge >= 0.3 is 0 Å². The van der Waals surface area contributed by atoms with Gasteiger partial charge in [0.1, 0.15) is 0 Å². The topological polar surface area (TPSA) is 66.5 Å². The Hall–Kier alpha value is -1.80. The second kappa shape index (κ2) is 5.90. The van der Waals surface area contributed by atoms with E-state index in [0.717, 1.165) is 17.5 Å². The Kier molecular flexibility index (Phi) is 4.38. The normalized spacial score (nSPS) is 16.3. The van der Waals surface area contributed by atoms with Gasteiger partial charge in [-0.05, 0) is 18.2 Å². The molecule has 0 bridgehead atoms. The molecule has 0 saturated carbocycles. The van der Waals surface area contributed by atoms with Crippen LogP contribution in [0.15, 0.2) is 30.2 Å². The van der Waals surface area contributed by atoms with Crippen LogP contribution >= 0.6 is 0 Å². The first kappa shape index (κ1) is 15.6. The zero-order chi connectivity index (χ0) is 15.6. The molecule has 0 unspecified atom stereocenters. The second-order valence-electron chi connectivity index (χ2n) is 4.73. The van der Waals surface area contributed by atoms with Crippen molar-refractivity contribution in [1.29, 1.82) is 0 Å². The number of carbonyl (C=O) groups is 1. The van der Waals surface area contributed by atoms with E-state index in [9.17, 15) is 22.0 Å². The van der Waals surface area contributed by atoms with Gasteiger partial charge in [0.25, 0.3) is 5.91 Å². The third-order valence-electron chi connectivity index (χ3n) is 3.23. The lowest BCUT2D eigenvalue weighted by Crippen LogP contribution is -2.53. The van der Waals surface area contributed by atoms with Crippen LogP contribution in [-0.2, 0) is 10.0 Å². The molecule has 0 atom stereocenters. The lowest BCUT2D eigenvalue weighted by atomic mass is 10.0. The molecule has 114 valence electrons. The van der Waals surface area contributed by atoms with E-state index in [1.807, 2.05) is 0 Å². The maximum absolute atomic E-state index is 13.0. The maximum Gasteiger partial charge on any atom is 0.251 e. The summed E-state index contributed by atoms with van der Waals surface area (Å²) in [5, 5.41) is 3.44. The molecule has 8 heteroatoms. The zero-order valence-electron chi connectivity index (χ0n) is 11.1. The largest absolute Gasteiger partial charge is 0.352 e. The van der Waals surface area contributed by atoms with Crippen molar-refractivity contribution in [2.24, 2.45) is 5.92 Å². The first-order chi connectivity index (χ1) is 9.83. The molecule has 0 radical (unpaired) electrons. The van der Waals surface area contributed by atoms with Crippen molar-refractivity contribution in [3.63, 3.8) is 0 Å². The van der Waals surface area contributed by atoms with E-state index in [2.05, 4.69) is 11.9 Å². The van der Waals surface area contributed by atoms with Crippen LogP contribution in [0.3, 0.4) is 0 Å². The van der Waals surface area contributed by atoms with E-state index in [4.69, 9.17) is 0 Å². The minimum atomic E-state index is -3.40. The molecule has 21 heavy (non-hydrogen) atoms. The minimum absolute atomic E-state index is 0.00558. The number of nitrogens with zero attached hydrogens (tertiary/aromatic N) is 1. The van der Waals surface area contributed by atoms with Crippen molar-refractivity contribution >= 4 is 15.9 Å². The van der Waals surface area contributed by atoms with Gasteiger partial charge in [-0.1, -0.05) is 6.58 Å². The van der Waals surface area contributed by atoms with E-state index in [-0.39, 0.29) is 18.0 Å². The smallest absolute Gasteiger partial charge is 0.251 e. The van der Waals surface area contributed by atoms with Crippen molar-refractivity contribution in [2.45, 2.75) is 0 Å². The first-order valence-corrected chi connectivity index (χ1v) is 7.69. The SMILES string of the molecule is C=CS(=O)(=O)N1CC(CNC(=O)c2ccc(F)c(F)c2)C1. The molecule has 1 fully saturated rings. The Balaban J connectivity index is 1.84. The van der Waals surface area contributed by atoms with Crippen molar-refractivity contribution in [3.8, 4) is 0 Å². The van der Waals surface area contributed by atoms with Crippen LogP contribution in [0.1, 0.15) is 10.4 Å². The lowest BCUT2D eigenvalue weighted by Gasteiger charge is -2.37. The summed E-state index contributed by atoms with van der Waals surface area (Å²) in [5.74, 6) is -2.64. The quantitative estimate of drug-likeness (QED) is 0.884. The van der Waals surface area contributed by atoms with E-state index in [0.29, 0.717) is 13.1 Å². The van der Waals surface area contributed by atoms with Crippen molar-refractivity contribution in [1.82, 2.24) is 9.62 Å². The summed E-state index contributed by atoms with van der Waals surface area (Å²) < 4.78 is 49.8. The first-order valence-electron chi connectivity index (χ1n) is 6.19. The third-order valence-corrected chi connectivity index (χ3v) is 4.67. The number of sulfonamides is 1. The van der Waals surface area contributed by atoms with Gasteiger partial charge in [0.15, 0.2) is 11.6 Å². The highest BCUT2D eigenvalue weighted by molar-refractivity contribution is 7.92. The Morgan fingerprint density at radius 1 is 1.38 bits per heavy atom. The molecule has 2 rings (SSSR count). The number of amides is 1. The molecule has 1 saturated heterocycles. The van der Waals surface area contributed by atoms with Crippen LogP contribution in [0.5, 0.6) is 0 Å². The number of nitrogens with one attached hydrogen (secondary N) is 1. The molecular weight excluding hydrogens is 302 g/mol. The van der Waals surface area contributed by atoms with Gasteiger partial charge in [0, 0.05) is 36.5 Å². The molecule has 1 aromatic rings. The number of hydrogen-bond donors (Lipinski definition) is 1. The summed E-state index contributed by atoms with van der Waals surface area (Å²) in [6.45, 7) is 4.08. The molecule has 1 amide bonds. The Bertz CT molecular complexity index is 670. The van der Waals surface area contributed by atoms with Gasteiger partial charge in [-0.15, -0.1) is 0 Å². The summed E-state index contributed by atoms with van der Waals surface area (Å²) in [6.07, 6.45) is 0. The van der Waals surface area contributed by atoms with Crippen LogP contribution < -0.4 is 5.32 Å². The fourth-order valence-electron chi connectivity index (χ4n) is 1.94. The molecule has 5 nitrogen and oxygen atoms in total. The summed E-state index contributed by atoms with van der Waals surface area (Å²) in [5.41, 5.74) is 0.0174. The fraction of sp³-hybridized carbons (Fsp3) is 0.308. The standard InChI is InChI=1S/C13H14F2N2O3S/c1-2-21(19,20)17-7-9(8-17)6-16-13(18)10-3-4-11(14)12(15)5-10/h2-5,9H,1,6-8H2,(H,16,18). The Morgan fingerprint density at radius 3 is 2.62 bits per heavy atom. The van der Waals surface area contributed by atoms with Crippen LogP contribution in [0.2, 0.25) is 0 Å². The highest BCUT2D eigenvalue weighted by Gasteiger charge is 2.34. The zero-order valence-corrected chi connectivity index (χ0v) is 11.9. The van der Waals surface area contributed by atoms with Gasteiger partial charge in [0.05, 0.1) is 0 Å². The highest BCUT2D eigenvalue weighted by atomic mass is 32.2. The molecule has 0 spiro atoms. The van der Waals surface area contributed by atoms with E-state index in [1.165, 1.54) is 10.4 Å². The number of benzene rings is 1. The van der Waals surface area contributed by atoms with Crippen LogP contribution in [-0.4, -0.2) is 38.3 Å². The summed E-state index contributed by atoms with van der Waals surface area (Å²) in [4.78, 5) is 11.7. The van der Waals surface area contributed by atoms with Crippen molar-refractivity contribution in [3.05, 3.63) is 47.4 Å². The maximum atomic E-state index is 13.0. The van der Waals surface area contributed by atoms with E-state index < -0.39 is 27.6 Å². The number of halogens is 2. The van der Waals surface area contributed by atoms with Gasteiger partial charge in [-0.3, -0.25) is 4.79 Å². The number of carbonyl (C=O) groups excluding carboxylic acids is 1. The Labute approximate surface area is 121 Å². The van der Waals surface area contributed by atoms with Crippen LogP contribution in [0.25, 0.3) is 0 Å². The molecule has 1 aromatic carbocycles. The second-order valence-corrected chi connectivity index (χ2v) is 6.61. The minimum Gasteiger partial charge on any atom is -0.352 e. The Morgan fingerprint density at radius 2 is 2.05 bits per heavy atom. The van der Waals surface area contributed by atoms with Gasteiger partial charge in [-0.2, -0.15) is 4.31 Å². The molecule has 1 N–H and O–H groups in total. The lowest BCUT2D eigenvalue weighted by molar-refractivity contribution is 0.0929. The molecule has 1 aliphatic heterocycles.